The molecule has 1 aromatic carbocycles. The van der Waals surface area contributed by atoms with Gasteiger partial charge in [-0.3, -0.25) is 9.69 Å². The third kappa shape index (κ3) is 5.51. The van der Waals surface area contributed by atoms with Crippen LogP contribution < -0.4 is 0 Å². The Balaban J connectivity index is 1.91. The summed E-state index contributed by atoms with van der Waals surface area (Å²) in [5, 5.41) is 0. The molecule has 0 spiro atoms. The van der Waals surface area contributed by atoms with Gasteiger partial charge in [0.15, 0.2) is 0 Å². The molecule has 140 valence electrons. The van der Waals surface area contributed by atoms with Crippen LogP contribution in [-0.4, -0.2) is 73.0 Å². The lowest BCUT2D eigenvalue weighted by molar-refractivity contribution is -0.136. The normalized spacial score (nSPS) is 23.1. The molecule has 0 saturated carbocycles. The van der Waals surface area contributed by atoms with Gasteiger partial charge in [-0.2, -0.15) is 0 Å². The van der Waals surface area contributed by atoms with Crippen molar-refractivity contribution in [1.29, 1.82) is 0 Å². The second kappa shape index (κ2) is 8.77. The van der Waals surface area contributed by atoms with Gasteiger partial charge in [-0.15, -0.1) is 0 Å². The highest BCUT2D eigenvalue weighted by molar-refractivity contribution is 5.77. The van der Waals surface area contributed by atoms with E-state index in [9.17, 15) is 9.18 Å². The molecular formula is C20H32FN3O. The van der Waals surface area contributed by atoms with E-state index in [-0.39, 0.29) is 17.6 Å². The van der Waals surface area contributed by atoms with Crippen LogP contribution in [0.1, 0.15) is 38.7 Å². The molecule has 0 aliphatic carbocycles. The van der Waals surface area contributed by atoms with E-state index in [4.69, 9.17) is 0 Å². The van der Waals surface area contributed by atoms with Gasteiger partial charge in [0.1, 0.15) is 5.82 Å². The highest BCUT2D eigenvalue weighted by Crippen LogP contribution is 2.22. The van der Waals surface area contributed by atoms with Crippen LogP contribution in [0.5, 0.6) is 0 Å². The van der Waals surface area contributed by atoms with Gasteiger partial charge >= 0.3 is 0 Å². The maximum atomic E-state index is 13.1. The lowest BCUT2D eigenvalue weighted by atomic mass is 9.96. The number of halogens is 1. The van der Waals surface area contributed by atoms with E-state index in [2.05, 4.69) is 37.7 Å². The second-order valence-electron chi connectivity index (χ2n) is 7.69. The number of carbonyl (C=O) groups excluding carboxylic acids is 1. The Labute approximate surface area is 151 Å². The molecule has 3 unspecified atom stereocenters. The van der Waals surface area contributed by atoms with Crippen LogP contribution in [0.4, 0.5) is 4.39 Å². The average molecular weight is 349 g/mol. The van der Waals surface area contributed by atoms with Crippen LogP contribution in [0.15, 0.2) is 24.3 Å². The quantitative estimate of drug-likeness (QED) is 0.790. The summed E-state index contributed by atoms with van der Waals surface area (Å²) in [6, 6.07) is 7.21. The predicted molar refractivity (Wildman–Crippen MR) is 100 cm³/mol. The zero-order chi connectivity index (χ0) is 18.6. The van der Waals surface area contributed by atoms with Crippen LogP contribution in [-0.2, 0) is 4.79 Å². The number of hydrogen-bond donors (Lipinski definition) is 0. The van der Waals surface area contributed by atoms with Gasteiger partial charge in [0, 0.05) is 44.7 Å². The number of hydrogen-bond acceptors (Lipinski definition) is 3. The Morgan fingerprint density at radius 2 is 1.76 bits per heavy atom. The van der Waals surface area contributed by atoms with E-state index in [0.29, 0.717) is 18.5 Å². The summed E-state index contributed by atoms with van der Waals surface area (Å²) in [7, 11) is 4.18. The summed E-state index contributed by atoms with van der Waals surface area (Å²) in [6.45, 7) is 10.1. The predicted octanol–water partition coefficient (Wildman–Crippen LogP) is 2.80. The minimum atomic E-state index is -0.237. The van der Waals surface area contributed by atoms with Crippen molar-refractivity contribution in [3.63, 3.8) is 0 Å². The molecule has 1 aliphatic heterocycles. The van der Waals surface area contributed by atoms with Gasteiger partial charge in [0.2, 0.25) is 5.91 Å². The lowest BCUT2D eigenvalue weighted by Crippen LogP contribution is -2.59. The summed E-state index contributed by atoms with van der Waals surface area (Å²) in [5.74, 6) is 0.0621. The summed E-state index contributed by atoms with van der Waals surface area (Å²) >= 11 is 0. The van der Waals surface area contributed by atoms with E-state index in [1.165, 1.54) is 12.1 Å². The fourth-order valence-electron chi connectivity index (χ4n) is 3.62. The Kier molecular flexibility index (Phi) is 6.96. The van der Waals surface area contributed by atoms with E-state index < -0.39 is 0 Å². The van der Waals surface area contributed by atoms with Gasteiger partial charge < -0.3 is 9.80 Å². The number of nitrogens with zero attached hydrogens (tertiary/aromatic N) is 3. The van der Waals surface area contributed by atoms with Crippen molar-refractivity contribution in [3.05, 3.63) is 35.6 Å². The fourth-order valence-corrected chi connectivity index (χ4v) is 3.62. The van der Waals surface area contributed by atoms with E-state index in [1.54, 1.807) is 12.1 Å². The van der Waals surface area contributed by atoms with Crippen LogP contribution in [0.3, 0.4) is 0 Å². The molecule has 1 saturated heterocycles. The topological polar surface area (TPSA) is 26.8 Å². The number of rotatable bonds is 6. The number of likely N-dealkylation sites (N-methyl/N-ethyl adjacent to an activating group) is 1. The molecule has 0 aromatic heterocycles. The number of piperazine rings is 1. The standard InChI is InChI=1S/C20H32FN3O/c1-15(18-6-8-19(21)9-7-18)12-20(25)23-13-16(2)24(17(3)14-23)11-10-22(4)5/h6-9,15-17H,10-14H2,1-5H3. The molecule has 0 N–H and O–H groups in total. The van der Waals surface area contributed by atoms with Crippen LogP contribution >= 0.6 is 0 Å². The highest BCUT2D eigenvalue weighted by Gasteiger charge is 2.31. The van der Waals surface area contributed by atoms with Crippen molar-refractivity contribution >= 4 is 5.91 Å². The SMILES string of the molecule is CC(CC(=O)N1CC(C)N(CCN(C)C)C(C)C1)c1ccc(F)cc1. The van der Waals surface area contributed by atoms with E-state index in [0.717, 1.165) is 31.7 Å². The summed E-state index contributed by atoms with van der Waals surface area (Å²) < 4.78 is 13.1. The molecule has 1 amide bonds. The van der Waals surface area contributed by atoms with Crippen LogP contribution in [0.2, 0.25) is 0 Å². The zero-order valence-corrected chi connectivity index (χ0v) is 16.2. The number of amides is 1. The van der Waals surface area contributed by atoms with Crippen LogP contribution in [0.25, 0.3) is 0 Å². The summed E-state index contributed by atoms with van der Waals surface area (Å²) in [6.07, 6.45) is 0.475. The molecule has 1 aliphatic rings. The van der Waals surface area contributed by atoms with Crippen molar-refractivity contribution in [3.8, 4) is 0 Å². The molecule has 4 nitrogen and oxygen atoms in total. The summed E-state index contributed by atoms with van der Waals surface area (Å²) in [4.78, 5) is 19.4. The molecule has 5 heteroatoms. The van der Waals surface area contributed by atoms with Crippen molar-refractivity contribution in [2.75, 3.05) is 40.3 Å². The number of carbonyl (C=O) groups is 1. The molecule has 25 heavy (non-hydrogen) atoms. The molecule has 3 atom stereocenters. The Bertz CT molecular complexity index is 549. The van der Waals surface area contributed by atoms with Gasteiger partial charge in [-0.1, -0.05) is 19.1 Å². The van der Waals surface area contributed by atoms with Crippen molar-refractivity contribution < 1.29 is 9.18 Å². The highest BCUT2D eigenvalue weighted by atomic mass is 19.1. The van der Waals surface area contributed by atoms with Crippen molar-refractivity contribution in [2.45, 2.75) is 45.2 Å². The smallest absolute Gasteiger partial charge is 0.223 e. The van der Waals surface area contributed by atoms with Gasteiger partial charge in [-0.25, -0.2) is 4.39 Å². The Morgan fingerprint density at radius 3 is 2.28 bits per heavy atom. The third-order valence-electron chi connectivity index (χ3n) is 5.18. The number of benzene rings is 1. The molecule has 0 bridgehead atoms. The first kappa shape index (κ1) is 19.9. The fraction of sp³-hybridized carbons (Fsp3) is 0.650. The van der Waals surface area contributed by atoms with Gasteiger partial charge in [0.05, 0.1) is 0 Å². The maximum absolute atomic E-state index is 13.1. The molecule has 2 rings (SSSR count). The van der Waals surface area contributed by atoms with Gasteiger partial charge in [0.25, 0.3) is 0 Å². The molecule has 1 heterocycles. The van der Waals surface area contributed by atoms with Crippen molar-refractivity contribution in [1.82, 2.24) is 14.7 Å². The van der Waals surface area contributed by atoms with Crippen molar-refractivity contribution in [2.24, 2.45) is 0 Å². The Hall–Kier alpha value is -1.46. The first-order valence-corrected chi connectivity index (χ1v) is 9.21. The molecule has 0 radical (unpaired) electrons. The monoisotopic (exact) mass is 349 g/mol. The molecule has 1 fully saturated rings. The lowest BCUT2D eigenvalue weighted by Gasteiger charge is -2.45. The molecular weight excluding hydrogens is 317 g/mol. The average Bonchev–Trinajstić information content (AvgIpc) is 2.54. The third-order valence-corrected chi connectivity index (χ3v) is 5.18. The maximum Gasteiger partial charge on any atom is 0.223 e. The molecule has 1 aromatic rings. The van der Waals surface area contributed by atoms with Gasteiger partial charge in [-0.05, 0) is 51.6 Å². The van der Waals surface area contributed by atoms with E-state index in [1.807, 2.05) is 11.8 Å². The zero-order valence-electron chi connectivity index (χ0n) is 16.2. The van der Waals surface area contributed by atoms with E-state index >= 15 is 0 Å². The minimum absolute atomic E-state index is 0.102. The second-order valence-corrected chi connectivity index (χ2v) is 7.69. The first-order chi connectivity index (χ1) is 11.8. The first-order valence-electron chi connectivity index (χ1n) is 9.21. The van der Waals surface area contributed by atoms with Crippen LogP contribution in [0, 0.1) is 5.82 Å². The summed E-state index contributed by atoms with van der Waals surface area (Å²) in [5.41, 5.74) is 1.01. The Morgan fingerprint density at radius 1 is 1.20 bits per heavy atom. The largest absolute Gasteiger partial charge is 0.340 e. The minimum Gasteiger partial charge on any atom is -0.340 e.